The number of fused-ring (bicyclic) bond motifs is 1. The molecule has 0 radical (unpaired) electrons. The Morgan fingerprint density at radius 2 is 1.78 bits per heavy atom. The fraction of sp³-hybridized carbons (Fsp3) is 0.0714. The second-order valence-corrected chi connectivity index (χ2v) is 4.28. The Bertz CT molecular complexity index is 593. The summed E-state index contributed by atoms with van der Waals surface area (Å²) in [5.74, 6) is 1.50. The van der Waals surface area contributed by atoms with Crippen LogP contribution in [0.4, 0.5) is 5.69 Å². The number of benzene rings is 2. The number of hydrogen-bond donors (Lipinski definition) is 0. The summed E-state index contributed by atoms with van der Waals surface area (Å²) in [4.78, 5) is 4.38. The predicted octanol–water partition coefficient (Wildman–Crippen LogP) is 3.82. The van der Waals surface area contributed by atoms with Gasteiger partial charge in [0.1, 0.15) is 0 Å². The number of aliphatic imine (C=N–C) groups is 1. The van der Waals surface area contributed by atoms with Gasteiger partial charge in [0.05, 0.1) is 5.69 Å². The molecule has 1 heterocycles. The molecule has 0 bridgehead atoms. The molecule has 1 aliphatic rings. The van der Waals surface area contributed by atoms with Crippen LogP contribution in [-0.4, -0.2) is 13.0 Å². The lowest BCUT2D eigenvalue weighted by atomic mass is 10.2. The molecule has 2 aromatic carbocycles. The summed E-state index contributed by atoms with van der Waals surface area (Å²) in [7, 11) is 0. The highest BCUT2D eigenvalue weighted by atomic mass is 35.5. The van der Waals surface area contributed by atoms with E-state index < -0.39 is 0 Å². The maximum atomic E-state index is 5.82. The van der Waals surface area contributed by atoms with Gasteiger partial charge in [-0.3, -0.25) is 4.99 Å². The molecule has 0 saturated carbocycles. The molecule has 0 spiro atoms. The third-order valence-corrected chi connectivity index (χ3v) is 2.84. The molecular formula is C14H10ClNO2. The second kappa shape index (κ2) is 4.70. The summed E-state index contributed by atoms with van der Waals surface area (Å²) in [6.45, 7) is 0.277. The van der Waals surface area contributed by atoms with Crippen LogP contribution in [0.5, 0.6) is 11.5 Å². The zero-order valence-corrected chi connectivity index (χ0v) is 10.2. The Morgan fingerprint density at radius 1 is 1.00 bits per heavy atom. The lowest BCUT2D eigenvalue weighted by Gasteiger charge is -1.97. The molecule has 0 unspecified atom stereocenters. The minimum atomic E-state index is 0.277. The van der Waals surface area contributed by atoms with E-state index in [1.54, 1.807) is 6.21 Å². The zero-order chi connectivity index (χ0) is 12.4. The highest BCUT2D eigenvalue weighted by Gasteiger charge is 2.12. The molecule has 0 amide bonds. The van der Waals surface area contributed by atoms with Crippen molar-refractivity contribution in [1.29, 1.82) is 0 Å². The van der Waals surface area contributed by atoms with Gasteiger partial charge in [-0.1, -0.05) is 23.7 Å². The van der Waals surface area contributed by atoms with Crippen molar-refractivity contribution in [3.63, 3.8) is 0 Å². The van der Waals surface area contributed by atoms with Crippen molar-refractivity contribution in [3.8, 4) is 11.5 Å². The molecule has 0 atom stereocenters. The van der Waals surface area contributed by atoms with Crippen molar-refractivity contribution >= 4 is 23.5 Å². The third-order valence-electron chi connectivity index (χ3n) is 2.59. The van der Waals surface area contributed by atoms with Crippen LogP contribution in [-0.2, 0) is 0 Å². The SMILES string of the molecule is Clc1ccc(C=Nc2ccc3c(c2)OCO3)cc1. The van der Waals surface area contributed by atoms with Gasteiger partial charge in [0.15, 0.2) is 11.5 Å². The molecule has 0 aliphatic carbocycles. The lowest BCUT2D eigenvalue weighted by molar-refractivity contribution is 0.174. The number of rotatable bonds is 2. The predicted molar refractivity (Wildman–Crippen MR) is 71.3 cm³/mol. The van der Waals surface area contributed by atoms with E-state index in [-0.39, 0.29) is 6.79 Å². The quantitative estimate of drug-likeness (QED) is 0.768. The molecule has 0 saturated heterocycles. The third kappa shape index (κ3) is 2.31. The molecule has 0 N–H and O–H groups in total. The largest absolute Gasteiger partial charge is 0.454 e. The number of halogens is 1. The van der Waals surface area contributed by atoms with Crippen molar-refractivity contribution < 1.29 is 9.47 Å². The van der Waals surface area contributed by atoms with Crippen LogP contribution in [0.15, 0.2) is 47.5 Å². The highest BCUT2D eigenvalue weighted by Crippen LogP contribution is 2.35. The Kier molecular flexibility index (Phi) is 2.90. The van der Waals surface area contributed by atoms with E-state index >= 15 is 0 Å². The Balaban J connectivity index is 1.82. The number of ether oxygens (including phenoxy) is 2. The summed E-state index contributed by atoms with van der Waals surface area (Å²) < 4.78 is 10.5. The Labute approximate surface area is 110 Å². The van der Waals surface area contributed by atoms with E-state index in [0.29, 0.717) is 0 Å². The Hall–Kier alpha value is -2.00. The van der Waals surface area contributed by atoms with Gasteiger partial charge in [-0.05, 0) is 29.8 Å². The molecule has 0 aromatic heterocycles. The van der Waals surface area contributed by atoms with E-state index in [1.807, 2.05) is 42.5 Å². The average Bonchev–Trinajstić information content (AvgIpc) is 2.85. The Morgan fingerprint density at radius 3 is 2.61 bits per heavy atom. The minimum absolute atomic E-state index is 0.277. The highest BCUT2D eigenvalue weighted by molar-refractivity contribution is 6.30. The first-order valence-corrected chi connectivity index (χ1v) is 5.88. The van der Waals surface area contributed by atoms with Crippen LogP contribution < -0.4 is 9.47 Å². The second-order valence-electron chi connectivity index (χ2n) is 3.85. The van der Waals surface area contributed by atoms with Gasteiger partial charge in [0.2, 0.25) is 6.79 Å². The van der Waals surface area contributed by atoms with Gasteiger partial charge in [-0.2, -0.15) is 0 Å². The average molecular weight is 260 g/mol. The fourth-order valence-electron chi connectivity index (χ4n) is 1.66. The lowest BCUT2D eigenvalue weighted by Crippen LogP contribution is -1.92. The molecule has 18 heavy (non-hydrogen) atoms. The van der Waals surface area contributed by atoms with Crippen molar-refractivity contribution in [2.75, 3.05) is 6.79 Å². The normalized spacial score (nSPS) is 13.2. The molecule has 3 nitrogen and oxygen atoms in total. The maximum absolute atomic E-state index is 5.82. The number of hydrogen-bond acceptors (Lipinski definition) is 3. The summed E-state index contributed by atoms with van der Waals surface area (Å²) >= 11 is 5.82. The van der Waals surface area contributed by atoms with Crippen molar-refractivity contribution in [1.82, 2.24) is 0 Å². The first-order valence-electron chi connectivity index (χ1n) is 5.50. The van der Waals surface area contributed by atoms with Crippen molar-refractivity contribution in [2.45, 2.75) is 0 Å². The van der Waals surface area contributed by atoms with Gasteiger partial charge in [-0.25, -0.2) is 0 Å². The molecule has 1 aliphatic heterocycles. The minimum Gasteiger partial charge on any atom is -0.454 e. The van der Waals surface area contributed by atoms with Crippen LogP contribution in [0.2, 0.25) is 5.02 Å². The van der Waals surface area contributed by atoms with Crippen LogP contribution >= 0.6 is 11.6 Å². The van der Waals surface area contributed by atoms with E-state index in [2.05, 4.69) is 4.99 Å². The fourth-order valence-corrected chi connectivity index (χ4v) is 1.79. The number of nitrogens with zero attached hydrogens (tertiary/aromatic N) is 1. The van der Waals surface area contributed by atoms with E-state index in [0.717, 1.165) is 27.8 Å². The zero-order valence-electron chi connectivity index (χ0n) is 9.47. The van der Waals surface area contributed by atoms with E-state index in [9.17, 15) is 0 Å². The maximum Gasteiger partial charge on any atom is 0.231 e. The van der Waals surface area contributed by atoms with E-state index in [1.165, 1.54) is 0 Å². The molecule has 90 valence electrons. The monoisotopic (exact) mass is 259 g/mol. The van der Waals surface area contributed by atoms with Gasteiger partial charge < -0.3 is 9.47 Å². The topological polar surface area (TPSA) is 30.8 Å². The smallest absolute Gasteiger partial charge is 0.231 e. The first-order chi connectivity index (χ1) is 8.81. The molecular weight excluding hydrogens is 250 g/mol. The summed E-state index contributed by atoms with van der Waals surface area (Å²) in [6.07, 6.45) is 1.79. The first kappa shape index (κ1) is 11.1. The van der Waals surface area contributed by atoms with Crippen molar-refractivity contribution in [2.24, 2.45) is 4.99 Å². The summed E-state index contributed by atoms with van der Waals surface area (Å²) in [5, 5.41) is 0.718. The van der Waals surface area contributed by atoms with Gasteiger partial charge in [0, 0.05) is 17.3 Å². The standard InChI is InChI=1S/C14H10ClNO2/c15-11-3-1-10(2-4-11)8-16-12-5-6-13-14(7-12)18-9-17-13/h1-8H,9H2. The van der Waals surface area contributed by atoms with Gasteiger partial charge in [0.25, 0.3) is 0 Å². The van der Waals surface area contributed by atoms with Gasteiger partial charge >= 0.3 is 0 Å². The van der Waals surface area contributed by atoms with Gasteiger partial charge in [-0.15, -0.1) is 0 Å². The molecule has 2 aromatic rings. The molecule has 3 rings (SSSR count). The van der Waals surface area contributed by atoms with Crippen molar-refractivity contribution in [3.05, 3.63) is 53.1 Å². The summed E-state index contributed by atoms with van der Waals surface area (Å²) in [5.41, 5.74) is 1.83. The van der Waals surface area contributed by atoms with Crippen LogP contribution in [0, 0.1) is 0 Å². The summed E-state index contributed by atoms with van der Waals surface area (Å²) in [6, 6.07) is 13.1. The van der Waals surface area contributed by atoms with Crippen LogP contribution in [0.3, 0.4) is 0 Å². The van der Waals surface area contributed by atoms with Crippen LogP contribution in [0.1, 0.15) is 5.56 Å². The molecule has 0 fully saturated rings. The van der Waals surface area contributed by atoms with Crippen LogP contribution in [0.25, 0.3) is 0 Å². The van der Waals surface area contributed by atoms with E-state index in [4.69, 9.17) is 21.1 Å². The molecule has 4 heteroatoms.